The zero-order chi connectivity index (χ0) is 14.2. The van der Waals surface area contributed by atoms with Gasteiger partial charge < -0.3 is 11.1 Å². The van der Waals surface area contributed by atoms with E-state index >= 15 is 0 Å². The molecule has 0 saturated heterocycles. The highest BCUT2D eigenvalue weighted by atomic mass is 16.1. The van der Waals surface area contributed by atoms with E-state index < -0.39 is 0 Å². The van der Waals surface area contributed by atoms with Gasteiger partial charge in [-0.3, -0.25) is 9.78 Å². The summed E-state index contributed by atoms with van der Waals surface area (Å²) in [5, 5.41) is 3.94. The first-order valence-corrected chi connectivity index (χ1v) is 7.14. The Labute approximate surface area is 119 Å². The number of fused-ring (bicyclic) bond motifs is 1. The summed E-state index contributed by atoms with van der Waals surface area (Å²) in [5.74, 6) is -0.0189. The van der Waals surface area contributed by atoms with Crippen molar-refractivity contribution >= 4 is 16.8 Å². The number of hydrogen-bond donors (Lipinski definition) is 2. The summed E-state index contributed by atoms with van der Waals surface area (Å²) in [4.78, 5) is 16.3. The fraction of sp³-hybridized carbons (Fsp3) is 0.375. The van der Waals surface area contributed by atoms with E-state index in [0.717, 1.165) is 43.1 Å². The molecule has 0 fully saturated rings. The number of nitrogens with one attached hydrogen (secondary N) is 1. The van der Waals surface area contributed by atoms with Crippen molar-refractivity contribution in [3.8, 4) is 0 Å². The van der Waals surface area contributed by atoms with Crippen molar-refractivity contribution in [3.63, 3.8) is 0 Å². The fourth-order valence-electron chi connectivity index (χ4n) is 2.14. The van der Waals surface area contributed by atoms with Gasteiger partial charge in [0.05, 0.1) is 5.52 Å². The molecule has 0 atom stereocenters. The van der Waals surface area contributed by atoms with Crippen LogP contribution < -0.4 is 11.1 Å². The zero-order valence-electron chi connectivity index (χ0n) is 11.6. The second-order valence-corrected chi connectivity index (χ2v) is 4.87. The third-order valence-corrected chi connectivity index (χ3v) is 3.28. The van der Waals surface area contributed by atoms with Crippen LogP contribution in [0, 0.1) is 0 Å². The second-order valence-electron chi connectivity index (χ2n) is 4.87. The van der Waals surface area contributed by atoms with Crippen molar-refractivity contribution in [2.24, 2.45) is 5.73 Å². The Bertz CT molecular complexity index is 568. The fourth-order valence-corrected chi connectivity index (χ4v) is 2.14. The molecule has 0 saturated carbocycles. The highest BCUT2D eigenvalue weighted by Crippen LogP contribution is 2.13. The summed E-state index contributed by atoms with van der Waals surface area (Å²) < 4.78 is 0. The molecule has 2 rings (SSSR count). The Balaban J connectivity index is 1.84. The van der Waals surface area contributed by atoms with Crippen LogP contribution in [-0.4, -0.2) is 24.0 Å². The molecule has 4 heteroatoms. The molecular weight excluding hydrogens is 250 g/mol. The lowest BCUT2D eigenvalue weighted by molar-refractivity contribution is 0.0953. The number of carbonyl (C=O) groups excluding carboxylic acids is 1. The van der Waals surface area contributed by atoms with Crippen molar-refractivity contribution in [1.29, 1.82) is 0 Å². The van der Waals surface area contributed by atoms with Gasteiger partial charge in [0.1, 0.15) is 0 Å². The van der Waals surface area contributed by atoms with Crippen LogP contribution in [0.2, 0.25) is 0 Å². The van der Waals surface area contributed by atoms with Gasteiger partial charge >= 0.3 is 0 Å². The first-order chi connectivity index (χ1) is 9.81. The maximum absolute atomic E-state index is 12.0. The van der Waals surface area contributed by atoms with Crippen LogP contribution in [0.3, 0.4) is 0 Å². The van der Waals surface area contributed by atoms with Gasteiger partial charge in [0, 0.05) is 23.7 Å². The summed E-state index contributed by atoms with van der Waals surface area (Å²) in [6.07, 6.45) is 6.06. The molecule has 0 aliphatic carbocycles. The number of benzene rings is 1. The number of carbonyl (C=O) groups is 1. The first kappa shape index (κ1) is 14.5. The number of amides is 1. The van der Waals surface area contributed by atoms with E-state index in [4.69, 9.17) is 5.73 Å². The SMILES string of the molecule is NCCCCCCNC(=O)c1ccc2ncccc2c1. The minimum atomic E-state index is -0.0189. The first-order valence-electron chi connectivity index (χ1n) is 7.14. The van der Waals surface area contributed by atoms with E-state index in [9.17, 15) is 4.79 Å². The number of hydrogen-bond acceptors (Lipinski definition) is 3. The largest absolute Gasteiger partial charge is 0.352 e. The van der Waals surface area contributed by atoms with Crippen LogP contribution in [0.4, 0.5) is 0 Å². The van der Waals surface area contributed by atoms with Crippen molar-refractivity contribution in [2.75, 3.05) is 13.1 Å². The van der Waals surface area contributed by atoms with Crippen LogP contribution in [-0.2, 0) is 0 Å². The highest BCUT2D eigenvalue weighted by Gasteiger charge is 2.05. The number of unbranched alkanes of at least 4 members (excludes halogenated alkanes) is 3. The molecule has 0 aliphatic rings. The van der Waals surface area contributed by atoms with Crippen molar-refractivity contribution in [1.82, 2.24) is 10.3 Å². The molecule has 20 heavy (non-hydrogen) atoms. The molecule has 106 valence electrons. The third kappa shape index (κ3) is 4.03. The summed E-state index contributed by atoms with van der Waals surface area (Å²) >= 11 is 0. The standard InChI is InChI=1S/C16H21N3O/c17-9-3-1-2-4-10-19-16(20)14-7-8-15-13(12-14)6-5-11-18-15/h5-8,11-12H,1-4,9-10,17H2,(H,19,20). The van der Waals surface area contributed by atoms with Gasteiger partial charge in [-0.2, -0.15) is 0 Å². The van der Waals surface area contributed by atoms with E-state index in [0.29, 0.717) is 12.1 Å². The average molecular weight is 271 g/mol. The Morgan fingerprint density at radius 2 is 2.00 bits per heavy atom. The topological polar surface area (TPSA) is 68.0 Å². The monoisotopic (exact) mass is 271 g/mol. The van der Waals surface area contributed by atoms with Gasteiger partial charge in [0.2, 0.25) is 0 Å². The molecule has 1 amide bonds. The van der Waals surface area contributed by atoms with Gasteiger partial charge in [0.15, 0.2) is 0 Å². The van der Waals surface area contributed by atoms with Crippen LogP contribution >= 0.6 is 0 Å². The zero-order valence-corrected chi connectivity index (χ0v) is 11.6. The quantitative estimate of drug-likeness (QED) is 0.760. The summed E-state index contributed by atoms with van der Waals surface area (Å²) in [6.45, 7) is 1.46. The molecule has 0 bridgehead atoms. The maximum atomic E-state index is 12.0. The van der Waals surface area contributed by atoms with E-state index in [1.54, 1.807) is 6.20 Å². The normalized spacial score (nSPS) is 10.7. The maximum Gasteiger partial charge on any atom is 0.251 e. The molecule has 0 aliphatic heterocycles. The molecular formula is C16H21N3O. The lowest BCUT2D eigenvalue weighted by Crippen LogP contribution is -2.24. The van der Waals surface area contributed by atoms with E-state index in [1.165, 1.54) is 0 Å². The van der Waals surface area contributed by atoms with Crippen molar-refractivity contribution < 1.29 is 4.79 Å². The Hall–Kier alpha value is -1.94. The third-order valence-electron chi connectivity index (χ3n) is 3.28. The average Bonchev–Trinajstić information content (AvgIpc) is 2.50. The molecule has 1 aromatic heterocycles. The highest BCUT2D eigenvalue weighted by molar-refractivity contribution is 5.97. The smallest absolute Gasteiger partial charge is 0.251 e. The van der Waals surface area contributed by atoms with Crippen molar-refractivity contribution in [2.45, 2.75) is 25.7 Å². The number of nitrogens with two attached hydrogens (primary N) is 1. The lowest BCUT2D eigenvalue weighted by atomic mass is 10.1. The summed E-state index contributed by atoms with van der Waals surface area (Å²) in [7, 11) is 0. The summed E-state index contributed by atoms with van der Waals surface area (Å²) in [6, 6.07) is 9.42. The second kappa shape index (κ2) is 7.60. The molecule has 3 N–H and O–H groups in total. The Morgan fingerprint density at radius 3 is 2.85 bits per heavy atom. The minimum Gasteiger partial charge on any atom is -0.352 e. The van der Waals surface area contributed by atoms with Gasteiger partial charge in [-0.15, -0.1) is 0 Å². The molecule has 0 radical (unpaired) electrons. The Kier molecular flexibility index (Phi) is 5.50. The van der Waals surface area contributed by atoms with Crippen LogP contribution in [0.5, 0.6) is 0 Å². The van der Waals surface area contributed by atoms with Gasteiger partial charge in [-0.05, 0) is 43.7 Å². The van der Waals surface area contributed by atoms with Crippen molar-refractivity contribution in [3.05, 3.63) is 42.1 Å². The van der Waals surface area contributed by atoms with Crippen LogP contribution in [0.25, 0.3) is 10.9 Å². The number of nitrogens with zero attached hydrogens (tertiary/aromatic N) is 1. The van der Waals surface area contributed by atoms with Crippen LogP contribution in [0.1, 0.15) is 36.0 Å². The van der Waals surface area contributed by atoms with Gasteiger partial charge in [0.25, 0.3) is 5.91 Å². The molecule has 2 aromatic rings. The number of pyridine rings is 1. The molecule has 1 heterocycles. The Morgan fingerprint density at radius 1 is 1.15 bits per heavy atom. The molecule has 4 nitrogen and oxygen atoms in total. The summed E-state index contributed by atoms with van der Waals surface area (Å²) in [5.41, 5.74) is 7.03. The van der Waals surface area contributed by atoms with Gasteiger partial charge in [-0.25, -0.2) is 0 Å². The molecule has 0 spiro atoms. The predicted molar refractivity (Wildman–Crippen MR) is 81.6 cm³/mol. The predicted octanol–water partition coefficient (Wildman–Crippen LogP) is 2.48. The van der Waals surface area contributed by atoms with Crippen LogP contribution in [0.15, 0.2) is 36.5 Å². The van der Waals surface area contributed by atoms with E-state index in [-0.39, 0.29) is 5.91 Å². The number of aromatic nitrogens is 1. The minimum absolute atomic E-state index is 0.0189. The molecule has 0 unspecified atom stereocenters. The number of rotatable bonds is 7. The van der Waals surface area contributed by atoms with Gasteiger partial charge in [-0.1, -0.05) is 18.9 Å². The lowest BCUT2D eigenvalue weighted by Gasteiger charge is -2.06. The molecule has 1 aromatic carbocycles. The van der Waals surface area contributed by atoms with E-state index in [1.807, 2.05) is 30.3 Å². The van der Waals surface area contributed by atoms with E-state index in [2.05, 4.69) is 10.3 Å².